The normalized spacial score (nSPS) is 11.6. The molecule has 2 aromatic carbocycles. The number of nitrogens with zero attached hydrogens (tertiary/aromatic N) is 1. The topological polar surface area (TPSA) is 132 Å². The Kier molecular flexibility index (Phi) is 7.19. The molecule has 0 unspecified atom stereocenters. The molecule has 33 heavy (non-hydrogen) atoms. The van der Waals surface area contributed by atoms with Crippen molar-refractivity contribution in [2.45, 2.75) is 26.0 Å². The van der Waals surface area contributed by atoms with Crippen molar-refractivity contribution in [1.29, 1.82) is 0 Å². The maximum Gasteiger partial charge on any atom is 0.344 e. The summed E-state index contributed by atoms with van der Waals surface area (Å²) in [4.78, 5) is 26.4. The van der Waals surface area contributed by atoms with Crippen molar-refractivity contribution in [3.05, 3.63) is 71.3 Å². The van der Waals surface area contributed by atoms with Crippen LogP contribution in [0.25, 0.3) is 11.1 Å². The molecule has 3 rings (SSSR count). The van der Waals surface area contributed by atoms with E-state index in [9.17, 15) is 23.5 Å². The second-order valence-corrected chi connectivity index (χ2v) is 6.97. The molecule has 0 spiro atoms. The summed E-state index contributed by atoms with van der Waals surface area (Å²) < 4.78 is 38.9. The van der Waals surface area contributed by atoms with Gasteiger partial charge in [-0.3, -0.25) is 0 Å². The molecule has 0 amide bonds. The number of carboxylic acids is 2. The number of hydrogen-bond donors (Lipinski definition) is 3. The molecule has 0 radical (unpaired) electrons. The third kappa shape index (κ3) is 5.60. The summed E-state index contributed by atoms with van der Waals surface area (Å²) >= 11 is 0. The number of pyridine rings is 1. The van der Waals surface area contributed by atoms with Gasteiger partial charge in [0.1, 0.15) is 5.75 Å². The lowest BCUT2D eigenvalue weighted by Crippen LogP contribution is -2.26. The molecule has 0 aliphatic heterocycles. The number of halogens is 2. The Morgan fingerprint density at radius 2 is 1.76 bits per heavy atom. The molecule has 1 aromatic heterocycles. The zero-order valence-electron chi connectivity index (χ0n) is 17.4. The van der Waals surface area contributed by atoms with Crippen LogP contribution in [0.2, 0.25) is 0 Å². The highest BCUT2D eigenvalue weighted by atomic mass is 19.1. The summed E-state index contributed by atoms with van der Waals surface area (Å²) in [5.41, 5.74) is 7.44. The number of aromatic nitrogens is 1. The fourth-order valence-corrected chi connectivity index (χ4v) is 2.97. The number of rotatable bonds is 9. The maximum atomic E-state index is 14.3. The van der Waals surface area contributed by atoms with Gasteiger partial charge in [-0.05, 0) is 47.4 Å². The lowest BCUT2D eigenvalue weighted by Gasteiger charge is -2.15. The largest absolute Gasteiger partial charge is 0.479 e. The lowest BCUT2D eigenvalue weighted by atomic mass is 10.0. The van der Waals surface area contributed by atoms with Gasteiger partial charge in [0.25, 0.3) is 11.8 Å². The Morgan fingerprint density at radius 1 is 1.03 bits per heavy atom. The van der Waals surface area contributed by atoms with Crippen molar-refractivity contribution < 1.29 is 38.1 Å². The van der Waals surface area contributed by atoms with Gasteiger partial charge in [0.05, 0.1) is 5.56 Å². The molecule has 1 heterocycles. The van der Waals surface area contributed by atoms with Crippen molar-refractivity contribution >= 4 is 11.9 Å². The van der Waals surface area contributed by atoms with Crippen molar-refractivity contribution in [2.75, 3.05) is 0 Å². The number of hydrogen-bond acceptors (Lipinski definition) is 6. The number of aromatic carboxylic acids is 1. The molecule has 0 saturated carbocycles. The van der Waals surface area contributed by atoms with Crippen molar-refractivity contribution in [2.24, 2.45) is 5.73 Å². The quantitative estimate of drug-likeness (QED) is 0.434. The second kappa shape index (κ2) is 10.0. The Bertz CT molecular complexity index is 1200. The van der Waals surface area contributed by atoms with E-state index in [0.29, 0.717) is 17.2 Å². The number of nitrogens with two attached hydrogens (primary N) is 1. The minimum absolute atomic E-state index is 0.00982. The van der Waals surface area contributed by atoms with Crippen molar-refractivity contribution in [3.63, 3.8) is 0 Å². The van der Waals surface area contributed by atoms with Gasteiger partial charge in [0, 0.05) is 12.6 Å². The first-order chi connectivity index (χ1) is 15.7. The third-order valence-corrected chi connectivity index (χ3v) is 4.63. The van der Waals surface area contributed by atoms with Gasteiger partial charge in [-0.1, -0.05) is 25.1 Å². The van der Waals surface area contributed by atoms with Gasteiger partial charge < -0.3 is 25.4 Å². The van der Waals surface area contributed by atoms with Crippen LogP contribution in [0.3, 0.4) is 0 Å². The fraction of sp³-hybridized carbons (Fsp3) is 0.174. The van der Waals surface area contributed by atoms with Gasteiger partial charge >= 0.3 is 11.9 Å². The van der Waals surface area contributed by atoms with E-state index in [4.69, 9.17) is 20.3 Å². The Morgan fingerprint density at radius 3 is 2.39 bits per heavy atom. The molecule has 4 N–H and O–H groups in total. The minimum atomic E-state index is -1.40. The standard InChI is InChI=1S/C23H20F2N2O6/c1-2-19(23(30)31)33-21-18(25)10-17(24)20(27-21)32-16-8-14(7-15(9-16)22(28)29)13-5-3-4-12(6-13)11-26/h3-10,19H,2,11,26H2,1H3,(H,28,29)(H,30,31)/t19-/m1/s1. The molecule has 0 saturated heterocycles. The molecule has 172 valence electrons. The van der Waals surface area contributed by atoms with Gasteiger partial charge in [-0.25, -0.2) is 18.4 Å². The number of carbonyl (C=O) groups is 2. The molecule has 0 aliphatic rings. The number of ether oxygens (including phenoxy) is 2. The summed E-state index contributed by atoms with van der Waals surface area (Å²) in [6.45, 7) is 1.79. The van der Waals surface area contributed by atoms with Crippen LogP contribution >= 0.6 is 0 Å². The van der Waals surface area contributed by atoms with E-state index >= 15 is 0 Å². The van der Waals surface area contributed by atoms with Crippen molar-refractivity contribution in [3.8, 4) is 28.6 Å². The predicted molar refractivity (Wildman–Crippen MR) is 113 cm³/mol. The number of carboxylic acid groups (broad SMARTS) is 2. The number of benzene rings is 2. The Labute approximate surface area is 187 Å². The first kappa shape index (κ1) is 23.6. The van der Waals surface area contributed by atoms with Crippen LogP contribution in [-0.2, 0) is 11.3 Å². The molecular weight excluding hydrogens is 438 g/mol. The highest BCUT2D eigenvalue weighted by Crippen LogP contribution is 2.32. The van der Waals surface area contributed by atoms with E-state index in [-0.39, 0.29) is 24.3 Å². The van der Waals surface area contributed by atoms with E-state index < -0.39 is 41.4 Å². The van der Waals surface area contributed by atoms with Gasteiger partial charge in [-0.2, -0.15) is 4.98 Å². The summed E-state index contributed by atoms with van der Waals surface area (Å²) in [6.07, 6.45) is -1.39. The average Bonchev–Trinajstić information content (AvgIpc) is 2.79. The highest BCUT2D eigenvalue weighted by molar-refractivity contribution is 5.90. The molecule has 0 aliphatic carbocycles. The smallest absolute Gasteiger partial charge is 0.344 e. The van der Waals surface area contributed by atoms with Crippen molar-refractivity contribution in [1.82, 2.24) is 4.98 Å². The molecule has 0 fully saturated rings. The van der Waals surface area contributed by atoms with Gasteiger partial charge in [0.2, 0.25) is 0 Å². The van der Waals surface area contributed by atoms with Crippen LogP contribution < -0.4 is 15.2 Å². The van der Waals surface area contributed by atoms with Crippen LogP contribution in [0.5, 0.6) is 17.5 Å². The Balaban J connectivity index is 2.01. The molecule has 10 heteroatoms. The molecular formula is C23H20F2N2O6. The van der Waals surface area contributed by atoms with Crippen LogP contribution in [0.1, 0.15) is 29.3 Å². The van der Waals surface area contributed by atoms with E-state index in [1.807, 2.05) is 6.07 Å². The zero-order chi connectivity index (χ0) is 24.1. The summed E-state index contributed by atoms with van der Waals surface area (Å²) in [6, 6.07) is 11.5. The molecule has 8 nitrogen and oxygen atoms in total. The first-order valence-corrected chi connectivity index (χ1v) is 9.83. The van der Waals surface area contributed by atoms with Crippen LogP contribution in [0.15, 0.2) is 48.5 Å². The minimum Gasteiger partial charge on any atom is -0.479 e. The highest BCUT2D eigenvalue weighted by Gasteiger charge is 2.23. The monoisotopic (exact) mass is 458 g/mol. The molecule has 0 bridgehead atoms. The second-order valence-electron chi connectivity index (χ2n) is 6.97. The first-order valence-electron chi connectivity index (χ1n) is 9.83. The van der Waals surface area contributed by atoms with E-state index in [1.165, 1.54) is 19.1 Å². The van der Waals surface area contributed by atoms with Crippen LogP contribution in [-0.4, -0.2) is 33.2 Å². The van der Waals surface area contributed by atoms with Gasteiger partial charge in [-0.15, -0.1) is 0 Å². The van der Waals surface area contributed by atoms with E-state index in [0.717, 1.165) is 11.6 Å². The Hall–Kier alpha value is -4.05. The van der Waals surface area contributed by atoms with Crippen LogP contribution in [0, 0.1) is 11.6 Å². The number of aliphatic carboxylic acids is 1. The third-order valence-electron chi connectivity index (χ3n) is 4.63. The molecule has 1 atom stereocenters. The van der Waals surface area contributed by atoms with Crippen LogP contribution in [0.4, 0.5) is 8.78 Å². The zero-order valence-corrected chi connectivity index (χ0v) is 17.4. The fourth-order valence-electron chi connectivity index (χ4n) is 2.97. The SMILES string of the molecule is CC[C@@H](Oc1nc(Oc2cc(C(=O)O)cc(-c3cccc(CN)c3)c2)c(F)cc1F)C(=O)O. The molecule has 3 aromatic rings. The van der Waals surface area contributed by atoms with E-state index in [2.05, 4.69) is 4.98 Å². The predicted octanol–water partition coefficient (Wildman–Crippen LogP) is 4.22. The average molecular weight is 458 g/mol. The summed E-state index contributed by atoms with van der Waals surface area (Å²) in [5.74, 6) is -6.54. The summed E-state index contributed by atoms with van der Waals surface area (Å²) in [7, 11) is 0. The summed E-state index contributed by atoms with van der Waals surface area (Å²) in [5, 5.41) is 18.6. The van der Waals surface area contributed by atoms with E-state index in [1.54, 1.807) is 18.2 Å². The maximum absolute atomic E-state index is 14.3. The lowest BCUT2D eigenvalue weighted by molar-refractivity contribution is -0.145. The van der Waals surface area contributed by atoms with Gasteiger partial charge in [0.15, 0.2) is 17.7 Å².